The molecule has 0 fully saturated rings. The Bertz CT molecular complexity index is 348. The molecule has 0 saturated carbocycles. The molecule has 1 N–H and O–H groups in total. The van der Waals surface area contributed by atoms with E-state index in [1.165, 1.54) is 17.5 Å². The second-order valence-electron chi connectivity index (χ2n) is 5.91. The van der Waals surface area contributed by atoms with Crippen molar-refractivity contribution < 1.29 is 0 Å². The summed E-state index contributed by atoms with van der Waals surface area (Å²) >= 11 is 0. The van der Waals surface area contributed by atoms with Crippen LogP contribution in [0.25, 0.3) is 0 Å². The first-order valence-corrected chi connectivity index (χ1v) is 7.18. The third-order valence-electron chi connectivity index (χ3n) is 3.83. The fraction of sp³-hybridized carbons (Fsp3) is 0.625. The smallest absolute Gasteiger partial charge is 0.0243 e. The zero-order valence-electron chi connectivity index (χ0n) is 11.9. The lowest BCUT2D eigenvalue weighted by Crippen LogP contribution is -2.37. The fourth-order valence-electron chi connectivity index (χ4n) is 2.50. The van der Waals surface area contributed by atoms with Gasteiger partial charge in [0, 0.05) is 25.7 Å². The molecule has 2 rings (SSSR count). The van der Waals surface area contributed by atoms with Crippen molar-refractivity contribution in [2.75, 3.05) is 13.1 Å². The van der Waals surface area contributed by atoms with Gasteiger partial charge in [-0.15, -0.1) is 0 Å². The lowest BCUT2D eigenvalue weighted by molar-refractivity contribution is 0.207. The van der Waals surface area contributed by atoms with Crippen LogP contribution in [0.2, 0.25) is 0 Å². The maximum Gasteiger partial charge on any atom is 0.0243 e. The van der Waals surface area contributed by atoms with Crippen LogP contribution in [0.3, 0.4) is 0 Å². The van der Waals surface area contributed by atoms with E-state index in [1.807, 2.05) is 0 Å². The van der Waals surface area contributed by atoms with Crippen LogP contribution in [0, 0.1) is 5.92 Å². The number of benzene rings is 1. The molecule has 18 heavy (non-hydrogen) atoms. The highest BCUT2D eigenvalue weighted by Crippen LogP contribution is 2.23. The van der Waals surface area contributed by atoms with E-state index in [9.17, 15) is 0 Å². The maximum absolute atomic E-state index is 3.58. The number of hydrogen-bond donors (Lipinski definition) is 1. The van der Waals surface area contributed by atoms with Crippen LogP contribution in [-0.2, 0) is 13.1 Å². The molecule has 0 aromatic heterocycles. The van der Waals surface area contributed by atoms with Crippen molar-refractivity contribution in [3.8, 4) is 0 Å². The van der Waals surface area contributed by atoms with Crippen LogP contribution in [0.15, 0.2) is 24.3 Å². The Hall–Kier alpha value is -0.860. The zero-order valence-corrected chi connectivity index (χ0v) is 11.9. The molecule has 2 heteroatoms. The summed E-state index contributed by atoms with van der Waals surface area (Å²) in [6.07, 6.45) is 1.27. The molecule has 1 heterocycles. The minimum absolute atomic E-state index is 0.615. The van der Waals surface area contributed by atoms with Crippen LogP contribution < -0.4 is 5.32 Å². The molecule has 100 valence electrons. The van der Waals surface area contributed by atoms with Gasteiger partial charge in [0.05, 0.1) is 0 Å². The summed E-state index contributed by atoms with van der Waals surface area (Å²) in [5.74, 6) is 0.795. The quantitative estimate of drug-likeness (QED) is 0.776. The Kier molecular flexibility index (Phi) is 4.79. The molecule has 1 aromatic carbocycles. The van der Waals surface area contributed by atoms with Crippen molar-refractivity contribution in [2.24, 2.45) is 5.92 Å². The molecular formula is C16H26N2. The van der Waals surface area contributed by atoms with Crippen LogP contribution in [0.5, 0.6) is 0 Å². The minimum Gasteiger partial charge on any atom is -0.315 e. The summed E-state index contributed by atoms with van der Waals surface area (Å²) in [4.78, 5) is 2.56. The Morgan fingerprint density at radius 3 is 2.28 bits per heavy atom. The van der Waals surface area contributed by atoms with Crippen LogP contribution in [0.1, 0.15) is 38.3 Å². The highest BCUT2D eigenvalue weighted by Gasteiger charge is 2.22. The third-order valence-corrected chi connectivity index (χ3v) is 3.83. The van der Waals surface area contributed by atoms with E-state index in [1.54, 1.807) is 0 Å². The number of hydrogen-bond acceptors (Lipinski definition) is 2. The second kappa shape index (κ2) is 6.35. The van der Waals surface area contributed by atoms with Crippen molar-refractivity contribution >= 4 is 0 Å². The van der Waals surface area contributed by atoms with Crippen LogP contribution >= 0.6 is 0 Å². The van der Waals surface area contributed by atoms with Gasteiger partial charge in [0.1, 0.15) is 0 Å². The largest absolute Gasteiger partial charge is 0.315 e. The van der Waals surface area contributed by atoms with Gasteiger partial charge in [-0.25, -0.2) is 0 Å². The van der Waals surface area contributed by atoms with E-state index >= 15 is 0 Å². The first kappa shape index (κ1) is 13.6. The molecule has 1 aromatic rings. The van der Waals surface area contributed by atoms with Crippen molar-refractivity contribution in [3.05, 3.63) is 35.4 Å². The Morgan fingerprint density at radius 2 is 1.72 bits per heavy atom. The minimum atomic E-state index is 0.615. The van der Waals surface area contributed by atoms with Gasteiger partial charge < -0.3 is 5.32 Å². The average Bonchev–Trinajstić information content (AvgIpc) is 2.78. The molecule has 0 amide bonds. The van der Waals surface area contributed by atoms with Gasteiger partial charge in [-0.05, 0) is 36.9 Å². The van der Waals surface area contributed by atoms with E-state index < -0.39 is 0 Å². The summed E-state index contributed by atoms with van der Waals surface area (Å²) in [5.41, 5.74) is 3.01. The predicted octanol–water partition coefficient (Wildman–Crippen LogP) is 3.03. The first-order valence-electron chi connectivity index (χ1n) is 7.18. The Balaban J connectivity index is 1.74. The summed E-state index contributed by atoms with van der Waals surface area (Å²) in [7, 11) is 0. The molecular weight excluding hydrogens is 220 g/mol. The van der Waals surface area contributed by atoms with Gasteiger partial charge >= 0.3 is 0 Å². The first-order chi connectivity index (χ1) is 8.66. The van der Waals surface area contributed by atoms with Gasteiger partial charge in [0.2, 0.25) is 0 Å². The highest BCUT2D eigenvalue weighted by molar-refractivity contribution is 5.30. The van der Waals surface area contributed by atoms with Crippen molar-refractivity contribution in [1.29, 1.82) is 0 Å². The number of fused-ring (bicyclic) bond motifs is 1. The summed E-state index contributed by atoms with van der Waals surface area (Å²) in [6.45, 7) is 11.4. The fourth-order valence-corrected chi connectivity index (χ4v) is 2.50. The van der Waals surface area contributed by atoms with Crippen LogP contribution in [0.4, 0.5) is 0 Å². The normalized spacial score (nSPS) is 17.1. The maximum atomic E-state index is 3.58. The second-order valence-corrected chi connectivity index (χ2v) is 5.91. The van der Waals surface area contributed by atoms with Crippen molar-refractivity contribution in [1.82, 2.24) is 10.2 Å². The lowest BCUT2D eigenvalue weighted by Gasteiger charge is -2.24. The van der Waals surface area contributed by atoms with Gasteiger partial charge in [-0.3, -0.25) is 4.90 Å². The third kappa shape index (κ3) is 3.56. The highest BCUT2D eigenvalue weighted by atomic mass is 15.2. The van der Waals surface area contributed by atoms with E-state index in [0.29, 0.717) is 6.04 Å². The molecule has 0 radical (unpaired) electrons. The molecule has 1 unspecified atom stereocenters. The molecule has 0 spiro atoms. The molecule has 1 atom stereocenters. The standard InChI is InChI=1S/C16H26N2/c1-13(2)8-9-17-10-14(3)18-11-15-6-4-5-7-16(15)12-18/h4-7,13-14,17H,8-12H2,1-3H3. The molecule has 0 aliphatic carbocycles. The van der Waals surface area contributed by atoms with Gasteiger partial charge in [-0.1, -0.05) is 38.1 Å². The van der Waals surface area contributed by atoms with Gasteiger partial charge in [-0.2, -0.15) is 0 Å². The topological polar surface area (TPSA) is 15.3 Å². The van der Waals surface area contributed by atoms with E-state index in [-0.39, 0.29) is 0 Å². The number of rotatable bonds is 6. The Labute approximate surface area is 111 Å². The SMILES string of the molecule is CC(C)CCNCC(C)N1Cc2ccccc2C1. The predicted molar refractivity (Wildman–Crippen MR) is 77.5 cm³/mol. The van der Waals surface area contributed by atoms with E-state index in [4.69, 9.17) is 0 Å². The zero-order chi connectivity index (χ0) is 13.0. The summed E-state index contributed by atoms with van der Waals surface area (Å²) < 4.78 is 0. The average molecular weight is 246 g/mol. The molecule has 1 aliphatic heterocycles. The van der Waals surface area contributed by atoms with Crippen molar-refractivity contribution in [3.63, 3.8) is 0 Å². The summed E-state index contributed by atoms with van der Waals surface area (Å²) in [6, 6.07) is 9.43. The monoisotopic (exact) mass is 246 g/mol. The Morgan fingerprint density at radius 1 is 1.11 bits per heavy atom. The molecule has 0 saturated heterocycles. The van der Waals surface area contributed by atoms with Gasteiger partial charge in [0.25, 0.3) is 0 Å². The van der Waals surface area contributed by atoms with E-state index in [0.717, 1.165) is 32.1 Å². The van der Waals surface area contributed by atoms with Gasteiger partial charge in [0.15, 0.2) is 0 Å². The number of nitrogens with one attached hydrogen (secondary N) is 1. The summed E-state index contributed by atoms with van der Waals surface area (Å²) in [5, 5.41) is 3.58. The molecule has 0 bridgehead atoms. The molecule has 2 nitrogen and oxygen atoms in total. The molecule has 1 aliphatic rings. The number of nitrogens with zero attached hydrogens (tertiary/aromatic N) is 1. The van der Waals surface area contributed by atoms with Crippen molar-refractivity contribution in [2.45, 2.75) is 46.3 Å². The van der Waals surface area contributed by atoms with E-state index in [2.05, 4.69) is 55.3 Å². The lowest BCUT2D eigenvalue weighted by atomic mass is 10.1. The van der Waals surface area contributed by atoms with Crippen LogP contribution in [-0.4, -0.2) is 24.0 Å².